The molecule has 0 aliphatic heterocycles. The molecule has 0 bridgehead atoms. The Morgan fingerprint density at radius 2 is 1.88 bits per heavy atom. The van der Waals surface area contributed by atoms with Gasteiger partial charge in [0.2, 0.25) is 0 Å². The van der Waals surface area contributed by atoms with Crippen molar-refractivity contribution < 1.29 is 0 Å². The number of halogens is 1. The highest BCUT2D eigenvalue weighted by Crippen LogP contribution is 2.26. The van der Waals surface area contributed by atoms with Crippen LogP contribution < -0.4 is 5.73 Å². The van der Waals surface area contributed by atoms with Crippen LogP contribution in [0.15, 0.2) is 34.9 Å². The van der Waals surface area contributed by atoms with Crippen LogP contribution in [0.1, 0.15) is 19.9 Å². The van der Waals surface area contributed by atoms with Crippen LogP contribution >= 0.6 is 15.9 Å². The number of rotatable bonds is 2. The number of hydrogen-bond acceptors (Lipinski definition) is 2. The van der Waals surface area contributed by atoms with Gasteiger partial charge in [0.25, 0.3) is 0 Å². The molecule has 3 nitrogen and oxygen atoms in total. The largest absolute Gasteiger partial charge is 0.396 e. The third-order valence-electron chi connectivity index (χ3n) is 2.41. The fourth-order valence-electron chi connectivity index (χ4n) is 1.50. The first-order valence-electron chi connectivity index (χ1n) is 5.18. The molecule has 2 N–H and O–H groups in total. The molecule has 0 radical (unpaired) electrons. The summed E-state index contributed by atoms with van der Waals surface area (Å²) in [7, 11) is 0. The number of aromatic nitrogens is 2. The standard InChI is InChI=1S/C12H14BrN3/c1-8(2)16-7-11(14)12(15-16)9-3-5-10(13)6-4-9/h3-8H,14H2,1-2H3. The Morgan fingerprint density at radius 3 is 2.38 bits per heavy atom. The molecule has 0 unspecified atom stereocenters. The van der Waals surface area contributed by atoms with Crippen molar-refractivity contribution in [3.63, 3.8) is 0 Å². The summed E-state index contributed by atoms with van der Waals surface area (Å²) >= 11 is 3.41. The molecular weight excluding hydrogens is 266 g/mol. The van der Waals surface area contributed by atoms with Crippen LogP contribution in [0.25, 0.3) is 11.3 Å². The van der Waals surface area contributed by atoms with E-state index in [0.29, 0.717) is 6.04 Å². The lowest BCUT2D eigenvalue weighted by molar-refractivity contribution is 0.534. The van der Waals surface area contributed by atoms with Crippen molar-refractivity contribution in [2.75, 3.05) is 5.73 Å². The Morgan fingerprint density at radius 1 is 1.25 bits per heavy atom. The number of nitrogens with zero attached hydrogens (tertiary/aromatic N) is 2. The van der Waals surface area contributed by atoms with Gasteiger partial charge in [-0.2, -0.15) is 5.10 Å². The fourth-order valence-corrected chi connectivity index (χ4v) is 1.77. The second kappa shape index (κ2) is 4.29. The van der Waals surface area contributed by atoms with Crippen LogP contribution in [0.5, 0.6) is 0 Å². The summed E-state index contributed by atoms with van der Waals surface area (Å²) in [5.41, 5.74) is 8.56. The smallest absolute Gasteiger partial charge is 0.115 e. The van der Waals surface area contributed by atoms with E-state index in [2.05, 4.69) is 34.9 Å². The van der Waals surface area contributed by atoms with E-state index in [1.165, 1.54) is 0 Å². The summed E-state index contributed by atoms with van der Waals surface area (Å²) in [5, 5.41) is 4.49. The zero-order chi connectivity index (χ0) is 11.7. The molecule has 1 aromatic heterocycles. The lowest BCUT2D eigenvalue weighted by Crippen LogP contribution is -2.00. The minimum Gasteiger partial charge on any atom is -0.396 e. The molecule has 1 heterocycles. The van der Waals surface area contributed by atoms with Crippen molar-refractivity contribution in [2.24, 2.45) is 0 Å². The van der Waals surface area contributed by atoms with E-state index >= 15 is 0 Å². The number of benzene rings is 1. The third-order valence-corrected chi connectivity index (χ3v) is 2.94. The summed E-state index contributed by atoms with van der Waals surface area (Å²) in [6, 6.07) is 8.32. The summed E-state index contributed by atoms with van der Waals surface area (Å²) in [6.07, 6.45) is 1.88. The SMILES string of the molecule is CC(C)n1cc(N)c(-c2ccc(Br)cc2)n1. The van der Waals surface area contributed by atoms with E-state index in [1.54, 1.807) is 0 Å². The quantitative estimate of drug-likeness (QED) is 0.915. The Balaban J connectivity index is 2.44. The second-order valence-corrected chi connectivity index (χ2v) is 4.93. The van der Waals surface area contributed by atoms with Crippen molar-refractivity contribution in [3.05, 3.63) is 34.9 Å². The molecule has 0 amide bonds. The second-order valence-electron chi connectivity index (χ2n) is 4.01. The highest BCUT2D eigenvalue weighted by atomic mass is 79.9. The Hall–Kier alpha value is -1.29. The summed E-state index contributed by atoms with van der Waals surface area (Å²) in [4.78, 5) is 0. The van der Waals surface area contributed by atoms with Crippen LogP contribution in [0.3, 0.4) is 0 Å². The van der Waals surface area contributed by atoms with Crippen LogP contribution in [-0.2, 0) is 0 Å². The summed E-state index contributed by atoms with van der Waals surface area (Å²) in [6.45, 7) is 4.16. The molecule has 0 aliphatic rings. The first kappa shape index (κ1) is 11.2. The van der Waals surface area contributed by atoms with E-state index in [0.717, 1.165) is 21.4 Å². The van der Waals surface area contributed by atoms with Gasteiger partial charge in [-0.05, 0) is 26.0 Å². The zero-order valence-corrected chi connectivity index (χ0v) is 10.9. The minimum absolute atomic E-state index is 0.325. The van der Waals surface area contributed by atoms with Gasteiger partial charge in [0, 0.05) is 22.3 Å². The predicted molar refractivity (Wildman–Crippen MR) is 70.2 cm³/mol. The molecule has 0 atom stereocenters. The van der Waals surface area contributed by atoms with Gasteiger partial charge in [-0.25, -0.2) is 0 Å². The summed E-state index contributed by atoms with van der Waals surface area (Å²) in [5.74, 6) is 0. The Bertz CT molecular complexity index is 485. The average molecular weight is 280 g/mol. The molecule has 2 aromatic rings. The van der Waals surface area contributed by atoms with Gasteiger partial charge in [0.05, 0.1) is 5.69 Å². The normalized spacial score (nSPS) is 11.0. The topological polar surface area (TPSA) is 43.8 Å². The van der Waals surface area contributed by atoms with E-state index < -0.39 is 0 Å². The molecule has 2 rings (SSSR count). The lowest BCUT2D eigenvalue weighted by Gasteiger charge is -2.03. The van der Waals surface area contributed by atoms with Crippen LogP contribution in [0, 0.1) is 0 Å². The van der Waals surface area contributed by atoms with Gasteiger partial charge in [0.1, 0.15) is 5.69 Å². The Labute approximate surface area is 103 Å². The van der Waals surface area contributed by atoms with Crippen molar-refractivity contribution in [1.29, 1.82) is 0 Å². The number of nitrogen functional groups attached to an aromatic ring is 1. The zero-order valence-electron chi connectivity index (χ0n) is 9.31. The van der Waals surface area contributed by atoms with Crippen molar-refractivity contribution in [3.8, 4) is 11.3 Å². The highest BCUT2D eigenvalue weighted by Gasteiger charge is 2.09. The molecule has 84 valence electrons. The molecule has 0 saturated heterocycles. The maximum absolute atomic E-state index is 5.95. The van der Waals surface area contributed by atoms with Crippen LogP contribution in [0.4, 0.5) is 5.69 Å². The highest BCUT2D eigenvalue weighted by molar-refractivity contribution is 9.10. The minimum atomic E-state index is 0.325. The molecule has 1 aromatic carbocycles. The van der Waals surface area contributed by atoms with Gasteiger partial charge in [-0.1, -0.05) is 28.1 Å². The number of anilines is 1. The number of hydrogen-bond donors (Lipinski definition) is 1. The summed E-state index contributed by atoms with van der Waals surface area (Å²) < 4.78 is 2.94. The first-order valence-corrected chi connectivity index (χ1v) is 5.98. The third kappa shape index (κ3) is 2.11. The van der Waals surface area contributed by atoms with Crippen molar-refractivity contribution in [2.45, 2.75) is 19.9 Å². The van der Waals surface area contributed by atoms with Crippen LogP contribution in [-0.4, -0.2) is 9.78 Å². The van der Waals surface area contributed by atoms with Gasteiger partial charge in [-0.15, -0.1) is 0 Å². The molecule has 0 spiro atoms. The predicted octanol–water partition coefficient (Wildman–Crippen LogP) is 3.48. The van der Waals surface area contributed by atoms with Crippen molar-refractivity contribution >= 4 is 21.6 Å². The lowest BCUT2D eigenvalue weighted by atomic mass is 10.1. The molecular formula is C12H14BrN3. The molecule has 0 fully saturated rings. The average Bonchev–Trinajstić information content (AvgIpc) is 2.62. The monoisotopic (exact) mass is 279 g/mol. The van der Waals surface area contributed by atoms with Gasteiger partial charge in [-0.3, -0.25) is 4.68 Å². The van der Waals surface area contributed by atoms with E-state index in [-0.39, 0.29) is 0 Å². The molecule has 0 aliphatic carbocycles. The molecule has 16 heavy (non-hydrogen) atoms. The molecule has 4 heteroatoms. The van der Waals surface area contributed by atoms with Gasteiger partial charge >= 0.3 is 0 Å². The first-order chi connectivity index (χ1) is 7.58. The molecule has 0 saturated carbocycles. The van der Waals surface area contributed by atoms with Gasteiger partial charge in [0.15, 0.2) is 0 Å². The fraction of sp³-hybridized carbons (Fsp3) is 0.250. The van der Waals surface area contributed by atoms with Crippen molar-refractivity contribution in [1.82, 2.24) is 9.78 Å². The van der Waals surface area contributed by atoms with E-state index in [1.807, 2.05) is 35.1 Å². The maximum atomic E-state index is 5.95. The van der Waals surface area contributed by atoms with Gasteiger partial charge < -0.3 is 5.73 Å². The Kier molecular flexibility index (Phi) is 3.01. The van der Waals surface area contributed by atoms with E-state index in [4.69, 9.17) is 5.73 Å². The van der Waals surface area contributed by atoms with Crippen LogP contribution in [0.2, 0.25) is 0 Å². The number of nitrogens with two attached hydrogens (primary N) is 1. The van der Waals surface area contributed by atoms with E-state index in [9.17, 15) is 0 Å². The maximum Gasteiger partial charge on any atom is 0.115 e.